The summed E-state index contributed by atoms with van der Waals surface area (Å²) in [7, 11) is 0. The lowest BCUT2D eigenvalue weighted by Crippen LogP contribution is -2.29. The molecule has 1 atom stereocenters. The molecule has 60 valence electrons. The lowest BCUT2D eigenvalue weighted by Gasteiger charge is -2.20. The normalized spacial score (nSPS) is 23.5. The second-order valence-corrected chi connectivity index (χ2v) is 2.86. The Kier molecular flexibility index (Phi) is 3.71. The minimum absolute atomic E-state index is 0.663. The average molecular weight is 151 g/mol. The van der Waals surface area contributed by atoms with Gasteiger partial charge in [0.2, 0.25) is 0 Å². The van der Waals surface area contributed by atoms with Gasteiger partial charge in [0.15, 0.2) is 6.29 Å². The van der Waals surface area contributed by atoms with Crippen molar-refractivity contribution in [1.82, 2.24) is 5.32 Å². The molecule has 2 nitrogen and oxygen atoms in total. The maximum Gasteiger partial charge on any atom is 0.192 e. The summed E-state index contributed by atoms with van der Waals surface area (Å²) in [5, 5.41) is 3.31. The van der Waals surface area contributed by atoms with Crippen LogP contribution in [0.15, 0.2) is 0 Å². The molecule has 0 aliphatic carbocycles. The zero-order chi connectivity index (χ0) is 7.94. The van der Waals surface area contributed by atoms with Gasteiger partial charge in [0.05, 0.1) is 0 Å². The van der Waals surface area contributed by atoms with Crippen LogP contribution < -0.4 is 5.32 Å². The van der Waals surface area contributed by atoms with Crippen LogP contribution in [0.25, 0.3) is 0 Å². The summed E-state index contributed by atoms with van der Waals surface area (Å²) in [6, 6.07) is 0. The molecular weight excluding hydrogens is 138 g/mol. The Hall–Kier alpha value is -0.810. The van der Waals surface area contributed by atoms with Gasteiger partial charge in [-0.1, -0.05) is 5.92 Å². The first-order chi connectivity index (χ1) is 5.43. The molecule has 11 heavy (non-hydrogen) atoms. The van der Waals surface area contributed by atoms with Gasteiger partial charge in [0, 0.05) is 6.42 Å². The molecule has 1 rings (SSSR count). The number of hydrogen-bond donors (Lipinski definition) is 1. The highest BCUT2D eigenvalue weighted by atomic mass is 16.1. The van der Waals surface area contributed by atoms with Gasteiger partial charge in [-0.3, -0.25) is 4.79 Å². The summed E-state index contributed by atoms with van der Waals surface area (Å²) in [6.45, 7) is 2.20. The van der Waals surface area contributed by atoms with Crippen LogP contribution in [-0.2, 0) is 4.79 Å². The molecule has 0 bridgehead atoms. The fraction of sp³-hybridized carbons (Fsp3) is 0.667. The second-order valence-electron chi connectivity index (χ2n) is 2.86. The maximum atomic E-state index is 9.86. The van der Waals surface area contributed by atoms with Gasteiger partial charge < -0.3 is 5.32 Å². The molecule has 0 amide bonds. The maximum absolute atomic E-state index is 9.86. The molecule has 0 aromatic carbocycles. The van der Waals surface area contributed by atoms with E-state index >= 15 is 0 Å². The highest BCUT2D eigenvalue weighted by Crippen LogP contribution is 2.12. The Balaban J connectivity index is 2.19. The van der Waals surface area contributed by atoms with Crippen LogP contribution in [0.5, 0.6) is 0 Å². The first-order valence-electron chi connectivity index (χ1n) is 4.06. The third-order valence-electron chi connectivity index (χ3n) is 1.95. The van der Waals surface area contributed by atoms with Gasteiger partial charge in [-0.05, 0) is 37.8 Å². The van der Waals surface area contributed by atoms with Gasteiger partial charge in [-0.25, -0.2) is 0 Å². The van der Waals surface area contributed by atoms with Crippen molar-refractivity contribution in [3.63, 3.8) is 0 Å². The van der Waals surface area contributed by atoms with Crippen molar-refractivity contribution in [3.05, 3.63) is 0 Å². The standard InChI is InChI=1S/C9H13NO/c11-7-2-1-4-9-5-3-6-10-8-9/h7,9-10H,3-6,8H2. The van der Waals surface area contributed by atoms with Crippen molar-refractivity contribution in [2.45, 2.75) is 19.3 Å². The number of hydrogen-bond acceptors (Lipinski definition) is 2. The summed E-state index contributed by atoms with van der Waals surface area (Å²) >= 11 is 0. The quantitative estimate of drug-likeness (QED) is 0.438. The number of rotatable bonds is 1. The summed E-state index contributed by atoms with van der Waals surface area (Å²) in [6.07, 6.45) is 4.02. The van der Waals surface area contributed by atoms with E-state index in [9.17, 15) is 4.79 Å². The summed E-state index contributed by atoms with van der Waals surface area (Å²) in [4.78, 5) is 9.86. The van der Waals surface area contributed by atoms with Gasteiger partial charge in [0.25, 0.3) is 0 Å². The van der Waals surface area contributed by atoms with E-state index in [1.807, 2.05) is 0 Å². The van der Waals surface area contributed by atoms with Crippen LogP contribution in [-0.4, -0.2) is 19.4 Å². The highest BCUT2D eigenvalue weighted by Gasteiger charge is 2.10. The van der Waals surface area contributed by atoms with E-state index in [1.54, 1.807) is 0 Å². The highest BCUT2D eigenvalue weighted by molar-refractivity contribution is 5.72. The third-order valence-corrected chi connectivity index (χ3v) is 1.95. The van der Waals surface area contributed by atoms with Gasteiger partial charge >= 0.3 is 0 Å². The van der Waals surface area contributed by atoms with Crippen LogP contribution in [0, 0.1) is 17.8 Å². The van der Waals surface area contributed by atoms with Crippen LogP contribution in [0.3, 0.4) is 0 Å². The van der Waals surface area contributed by atoms with Gasteiger partial charge in [-0.15, -0.1) is 0 Å². The molecule has 1 aliphatic rings. The van der Waals surface area contributed by atoms with Crippen LogP contribution in [0.2, 0.25) is 0 Å². The Morgan fingerprint density at radius 2 is 2.55 bits per heavy atom. The van der Waals surface area contributed by atoms with Crippen molar-refractivity contribution < 1.29 is 4.79 Å². The van der Waals surface area contributed by atoms with E-state index < -0.39 is 0 Å². The van der Waals surface area contributed by atoms with Crippen molar-refractivity contribution >= 4 is 6.29 Å². The van der Waals surface area contributed by atoms with E-state index in [-0.39, 0.29) is 0 Å². The monoisotopic (exact) mass is 151 g/mol. The molecule has 1 saturated heterocycles. The Labute approximate surface area is 67.4 Å². The van der Waals surface area contributed by atoms with Gasteiger partial charge in [0.1, 0.15) is 0 Å². The first kappa shape index (κ1) is 8.29. The van der Waals surface area contributed by atoms with E-state index in [0.29, 0.717) is 12.2 Å². The predicted octanol–water partition coefficient (Wildman–Crippen LogP) is 0.578. The molecule has 0 saturated carbocycles. The summed E-state index contributed by atoms with van der Waals surface area (Å²) in [5.41, 5.74) is 0. The second kappa shape index (κ2) is 4.92. The third kappa shape index (κ3) is 3.20. The predicted molar refractivity (Wildman–Crippen MR) is 44.1 cm³/mol. The number of piperidine rings is 1. The first-order valence-corrected chi connectivity index (χ1v) is 4.06. The van der Waals surface area contributed by atoms with E-state index in [2.05, 4.69) is 17.2 Å². The number of nitrogens with one attached hydrogen (secondary N) is 1. The van der Waals surface area contributed by atoms with E-state index in [1.165, 1.54) is 12.8 Å². The lowest BCUT2D eigenvalue weighted by molar-refractivity contribution is -0.103. The SMILES string of the molecule is O=CC#CCC1CCCNC1. The van der Waals surface area contributed by atoms with Crippen LogP contribution in [0.4, 0.5) is 0 Å². The smallest absolute Gasteiger partial charge is 0.192 e. The molecule has 1 unspecified atom stereocenters. The average Bonchev–Trinajstić information content (AvgIpc) is 2.07. The fourth-order valence-corrected chi connectivity index (χ4v) is 1.34. The molecule has 0 aromatic rings. The summed E-state index contributed by atoms with van der Waals surface area (Å²) in [5.74, 6) is 5.95. The number of aldehydes is 1. The van der Waals surface area contributed by atoms with Crippen molar-refractivity contribution in [2.24, 2.45) is 5.92 Å². The van der Waals surface area contributed by atoms with Crippen molar-refractivity contribution in [1.29, 1.82) is 0 Å². The fourth-order valence-electron chi connectivity index (χ4n) is 1.34. The number of carbonyl (C=O) groups excluding carboxylic acids is 1. The van der Waals surface area contributed by atoms with Crippen LogP contribution >= 0.6 is 0 Å². The van der Waals surface area contributed by atoms with Crippen molar-refractivity contribution in [3.8, 4) is 11.8 Å². The molecule has 1 aliphatic heterocycles. The van der Waals surface area contributed by atoms with E-state index in [4.69, 9.17) is 0 Å². The molecular formula is C9H13NO. The zero-order valence-corrected chi connectivity index (χ0v) is 6.60. The van der Waals surface area contributed by atoms with Gasteiger partial charge in [-0.2, -0.15) is 0 Å². The van der Waals surface area contributed by atoms with Crippen molar-refractivity contribution in [2.75, 3.05) is 13.1 Å². The molecule has 0 aromatic heterocycles. The zero-order valence-electron chi connectivity index (χ0n) is 6.60. The molecule has 1 fully saturated rings. The Morgan fingerprint density at radius 1 is 1.64 bits per heavy atom. The number of carbonyl (C=O) groups is 1. The molecule has 1 heterocycles. The largest absolute Gasteiger partial charge is 0.316 e. The minimum Gasteiger partial charge on any atom is -0.316 e. The van der Waals surface area contributed by atoms with E-state index in [0.717, 1.165) is 19.5 Å². The molecule has 1 N–H and O–H groups in total. The van der Waals surface area contributed by atoms with Crippen LogP contribution in [0.1, 0.15) is 19.3 Å². The Morgan fingerprint density at radius 3 is 3.18 bits per heavy atom. The molecule has 0 spiro atoms. The molecule has 0 radical (unpaired) electrons. The Bertz CT molecular complexity index is 172. The lowest BCUT2D eigenvalue weighted by atomic mass is 9.97. The molecule has 2 heteroatoms. The minimum atomic E-state index is 0.663. The summed E-state index contributed by atoms with van der Waals surface area (Å²) < 4.78 is 0. The topological polar surface area (TPSA) is 29.1 Å².